The van der Waals surface area contributed by atoms with Crippen LogP contribution in [0.3, 0.4) is 0 Å². The fraction of sp³-hybridized carbons (Fsp3) is 0.583. The molecule has 1 aromatic heterocycles. The lowest BCUT2D eigenvalue weighted by atomic mass is 9.82. The summed E-state index contributed by atoms with van der Waals surface area (Å²) in [5.41, 5.74) is 0.678. The molecular formula is C12H19FN2. The van der Waals surface area contributed by atoms with Crippen LogP contribution in [0, 0.1) is 11.2 Å². The van der Waals surface area contributed by atoms with Gasteiger partial charge in [-0.1, -0.05) is 27.7 Å². The number of rotatable bonds is 3. The molecule has 0 saturated heterocycles. The predicted molar refractivity (Wildman–Crippen MR) is 60.1 cm³/mol. The van der Waals surface area contributed by atoms with Crippen LogP contribution < -0.4 is 5.32 Å². The van der Waals surface area contributed by atoms with E-state index in [1.54, 1.807) is 12.3 Å². The van der Waals surface area contributed by atoms with Gasteiger partial charge in [0.25, 0.3) is 0 Å². The molecule has 1 heterocycles. The van der Waals surface area contributed by atoms with Crippen LogP contribution in [0.2, 0.25) is 0 Å². The Kier molecular flexibility index (Phi) is 3.80. The minimum Gasteiger partial charge on any atom is -0.310 e. The summed E-state index contributed by atoms with van der Waals surface area (Å²) in [6, 6.07) is 1.76. The fourth-order valence-corrected chi connectivity index (χ4v) is 1.71. The predicted octanol–water partition coefficient (Wildman–Crippen LogP) is 2.92. The molecule has 1 rings (SSSR count). The van der Waals surface area contributed by atoms with E-state index < -0.39 is 0 Å². The Labute approximate surface area is 90.9 Å². The van der Waals surface area contributed by atoms with E-state index in [0.717, 1.165) is 6.54 Å². The van der Waals surface area contributed by atoms with E-state index in [2.05, 4.69) is 31.1 Å². The van der Waals surface area contributed by atoms with Crippen molar-refractivity contribution in [1.82, 2.24) is 10.3 Å². The van der Waals surface area contributed by atoms with Crippen LogP contribution in [0.25, 0.3) is 0 Å². The maximum Gasteiger partial charge on any atom is 0.146 e. The van der Waals surface area contributed by atoms with E-state index in [-0.39, 0.29) is 17.3 Å². The lowest BCUT2D eigenvalue weighted by molar-refractivity contribution is 0.270. The zero-order valence-electron chi connectivity index (χ0n) is 9.84. The van der Waals surface area contributed by atoms with Crippen LogP contribution in [-0.2, 0) is 0 Å². The molecule has 0 fully saturated rings. The Balaban J connectivity index is 3.05. The molecule has 1 unspecified atom stereocenters. The van der Waals surface area contributed by atoms with Crippen LogP contribution in [0.1, 0.15) is 39.3 Å². The average molecular weight is 210 g/mol. The maximum absolute atomic E-state index is 13.6. The molecule has 0 saturated carbocycles. The molecule has 84 valence electrons. The lowest BCUT2D eigenvalue weighted by Crippen LogP contribution is -2.32. The number of pyridine rings is 1. The normalized spacial score (nSPS) is 13.9. The Bertz CT molecular complexity index is 318. The Morgan fingerprint density at radius 2 is 2.13 bits per heavy atom. The first-order chi connectivity index (χ1) is 6.96. The first-order valence-electron chi connectivity index (χ1n) is 5.29. The van der Waals surface area contributed by atoms with Gasteiger partial charge in [0.15, 0.2) is 0 Å². The van der Waals surface area contributed by atoms with Crippen molar-refractivity contribution < 1.29 is 4.39 Å². The molecule has 3 heteroatoms. The summed E-state index contributed by atoms with van der Waals surface area (Å²) in [4.78, 5) is 3.77. The SMILES string of the molecule is CCNC(c1ccncc1F)C(C)(C)C. The van der Waals surface area contributed by atoms with Gasteiger partial charge in [-0.25, -0.2) is 4.39 Å². The summed E-state index contributed by atoms with van der Waals surface area (Å²) in [5.74, 6) is -0.238. The summed E-state index contributed by atoms with van der Waals surface area (Å²) >= 11 is 0. The summed E-state index contributed by atoms with van der Waals surface area (Å²) in [5, 5.41) is 3.31. The second-order valence-electron chi connectivity index (χ2n) is 4.75. The van der Waals surface area contributed by atoms with Crippen molar-refractivity contribution in [3.8, 4) is 0 Å². The van der Waals surface area contributed by atoms with Gasteiger partial charge in [0.2, 0.25) is 0 Å². The highest BCUT2D eigenvalue weighted by molar-refractivity contribution is 5.19. The van der Waals surface area contributed by atoms with E-state index in [1.807, 2.05) is 6.92 Å². The zero-order valence-corrected chi connectivity index (χ0v) is 9.84. The highest BCUT2D eigenvalue weighted by Gasteiger charge is 2.27. The Morgan fingerprint density at radius 1 is 1.47 bits per heavy atom. The van der Waals surface area contributed by atoms with Crippen molar-refractivity contribution in [3.63, 3.8) is 0 Å². The molecule has 0 spiro atoms. The van der Waals surface area contributed by atoms with E-state index in [9.17, 15) is 4.39 Å². The van der Waals surface area contributed by atoms with Crippen molar-refractivity contribution in [2.75, 3.05) is 6.54 Å². The Morgan fingerprint density at radius 3 is 2.60 bits per heavy atom. The van der Waals surface area contributed by atoms with E-state index >= 15 is 0 Å². The fourth-order valence-electron chi connectivity index (χ4n) is 1.71. The van der Waals surface area contributed by atoms with Crippen molar-refractivity contribution in [3.05, 3.63) is 29.8 Å². The van der Waals surface area contributed by atoms with Crippen molar-refractivity contribution in [2.24, 2.45) is 5.41 Å². The molecule has 0 aromatic carbocycles. The standard InChI is InChI=1S/C12H19FN2/c1-5-15-11(12(2,3)4)9-6-7-14-8-10(9)13/h6-8,11,15H,5H2,1-4H3. The second kappa shape index (κ2) is 4.71. The molecule has 2 nitrogen and oxygen atoms in total. The molecule has 1 aromatic rings. The molecule has 0 radical (unpaired) electrons. The minimum absolute atomic E-state index is 0.0157. The highest BCUT2D eigenvalue weighted by atomic mass is 19.1. The first kappa shape index (κ1) is 12.1. The van der Waals surface area contributed by atoms with Gasteiger partial charge in [-0.05, 0) is 18.0 Å². The number of nitrogens with zero attached hydrogens (tertiary/aromatic N) is 1. The summed E-state index contributed by atoms with van der Waals surface area (Å²) in [6.45, 7) is 9.14. The zero-order chi connectivity index (χ0) is 11.5. The second-order valence-corrected chi connectivity index (χ2v) is 4.75. The van der Waals surface area contributed by atoms with Crippen LogP contribution in [0.5, 0.6) is 0 Å². The van der Waals surface area contributed by atoms with Crippen LogP contribution in [-0.4, -0.2) is 11.5 Å². The summed E-state index contributed by atoms with van der Waals surface area (Å²) in [6.07, 6.45) is 2.90. The maximum atomic E-state index is 13.6. The third kappa shape index (κ3) is 2.99. The van der Waals surface area contributed by atoms with Crippen molar-refractivity contribution in [1.29, 1.82) is 0 Å². The van der Waals surface area contributed by atoms with Gasteiger partial charge in [-0.2, -0.15) is 0 Å². The summed E-state index contributed by atoms with van der Waals surface area (Å²) in [7, 11) is 0. The number of halogens is 1. The lowest BCUT2D eigenvalue weighted by Gasteiger charge is -2.31. The van der Waals surface area contributed by atoms with Crippen LogP contribution in [0.4, 0.5) is 4.39 Å². The average Bonchev–Trinajstić information content (AvgIpc) is 2.14. The number of nitrogens with one attached hydrogen (secondary N) is 1. The van der Waals surface area contributed by atoms with Crippen LogP contribution in [0.15, 0.2) is 18.5 Å². The molecule has 0 aliphatic carbocycles. The molecule has 0 bridgehead atoms. The first-order valence-corrected chi connectivity index (χ1v) is 5.29. The molecule has 0 amide bonds. The quantitative estimate of drug-likeness (QED) is 0.829. The molecule has 15 heavy (non-hydrogen) atoms. The topological polar surface area (TPSA) is 24.9 Å². The number of aromatic nitrogens is 1. The number of hydrogen-bond acceptors (Lipinski definition) is 2. The van der Waals surface area contributed by atoms with Crippen molar-refractivity contribution in [2.45, 2.75) is 33.7 Å². The van der Waals surface area contributed by atoms with Gasteiger partial charge in [0, 0.05) is 17.8 Å². The largest absolute Gasteiger partial charge is 0.310 e. The summed E-state index contributed by atoms with van der Waals surface area (Å²) < 4.78 is 13.6. The van der Waals surface area contributed by atoms with Gasteiger partial charge >= 0.3 is 0 Å². The molecular weight excluding hydrogens is 191 g/mol. The van der Waals surface area contributed by atoms with Gasteiger partial charge < -0.3 is 5.32 Å². The highest BCUT2D eigenvalue weighted by Crippen LogP contribution is 2.33. The molecule has 1 atom stereocenters. The third-order valence-corrected chi connectivity index (χ3v) is 2.39. The monoisotopic (exact) mass is 210 g/mol. The van der Waals surface area contributed by atoms with Crippen molar-refractivity contribution >= 4 is 0 Å². The molecule has 1 N–H and O–H groups in total. The smallest absolute Gasteiger partial charge is 0.146 e. The Hall–Kier alpha value is -0.960. The van der Waals surface area contributed by atoms with E-state index in [0.29, 0.717) is 5.56 Å². The van der Waals surface area contributed by atoms with Crippen LogP contribution >= 0.6 is 0 Å². The van der Waals surface area contributed by atoms with Gasteiger partial charge in [-0.15, -0.1) is 0 Å². The van der Waals surface area contributed by atoms with Gasteiger partial charge in [-0.3, -0.25) is 4.98 Å². The molecule has 0 aliphatic heterocycles. The van der Waals surface area contributed by atoms with Gasteiger partial charge in [0.05, 0.1) is 6.20 Å². The number of hydrogen-bond donors (Lipinski definition) is 1. The third-order valence-electron chi connectivity index (χ3n) is 2.39. The van der Waals surface area contributed by atoms with E-state index in [4.69, 9.17) is 0 Å². The van der Waals surface area contributed by atoms with Gasteiger partial charge in [0.1, 0.15) is 5.82 Å². The molecule has 0 aliphatic rings. The van der Waals surface area contributed by atoms with E-state index in [1.165, 1.54) is 6.20 Å². The minimum atomic E-state index is -0.238.